The fraction of sp³-hybridized carbons (Fsp3) is 0.412. The number of hydrogen-bond acceptors (Lipinski definition) is 6. The van der Waals surface area contributed by atoms with Gasteiger partial charge in [0.25, 0.3) is 5.91 Å². The van der Waals surface area contributed by atoms with Crippen LogP contribution < -0.4 is 5.63 Å². The molecule has 0 unspecified atom stereocenters. The first kappa shape index (κ1) is 19.1. The second-order valence-electron chi connectivity index (χ2n) is 6.18. The average Bonchev–Trinajstić information content (AvgIpc) is 2.94. The molecule has 2 aromatic rings. The molecule has 0 radical (unpaired) electrons. The van der Waals surface area contributed by atoms with E-state index in [9.17, 15) is 18.0 Å². The summed E-state index contributed by atoms with van der Waals surface area (Å²) in [5.41, 5.74) is -0.481. The van der Waals surface area contributed by atoms with Gasteiger partial charge in [0.2, 0.25) is 0 Å². The van der Waals surface area contributed by atoms with E-state index in [1.807, 2.05) is 0 Å². The van der Waals surface area contributed by atoms with Crippen molar-refractivity contribution in [1.29, 1.82) is 0 Å². The molecular weight excluding hydrogens is 426 g/mol. The Bertz CT molecular complexity index is 1000. The number of hydrogen-bond donors (Lipinski definition) is 0. The lowest BCUT2D eigenvalue weighted by Crippen LogP contribution is -2.44. The normalized spacial score (nSPS) is 18.9. The summed E-state index contributed by atoms with van der Waals surface area (Å²) in [7, 11) is -1.68. The highest BCUT2D eigenvalue weighted by Gasteiger charge is 2.35. The molecule has 1 saturated heterocycles. The third kappa shape index (κ3) is 3.99. The van der Waals surface area contributed by atoms with Gasteiger partial charge in [-0.3, -0.25) is 4.79 Å². The fourth-order valence-corrected chi connectivity index (χ4v) is 5.17. The number of ether oxygens (including phenoxy) is 1. The number of carbonyl (C=O) groups is 1. The molecule has 26 heavy (non-hydrogen) atoms. The lowest BCUT2D eigenvalue weighted by molar-refractivity contribution is 0.0620. The van der Waals surface area contributed by atoms with Crippen LogP contribution in [0.4, 0.5) is 0 Å². The van der Waals surface area contributed by atoms with Gasteiger partial charge in [0, 0.05) is 29.6 Å². The minimum absolute atomic E-state index is 0.0354. The molecule has 140 valence electrons. The zero-order valence-corrected chi connectivity index (χ0v) is 16.5. The molecule has 0 saturated carbocycles. The Morgan fingerprint density at radius 1 is 1.38 bits per heavy atom. The molecule has 1 fully saturated rings. The van der Waals surface area contributed by atoms with Crippen molar-refractivity contribution < 1.29 is 22.4 Å². The molecule has 3 rings (SSSR count). The molecule has 1 aromatic carbocycles. The summed E-state index contributed by atoms with van der Waals surface area (Å²) in [6.45, 7) is 0.443. The van der Waals surface area contributed by atoms with E-state index < -0.39 is 27.4 Å². The van der Waals surface area contributed by atoms with E-state index in [1.165, 1.54) is 18.1 Å². The topological polar surface area (TPSA) is 93.9 Å². The second-order valence-corrected chi connectivity index (χ2v) is 9.32. The van der Waals surface area contributed by atoms with E-state index in [2.05, 4.69) is 15.9 Å². The number of amides is 1. The van der Waals surface area contributed by atoms with Crippen molar-refractivity contribution in [3.63, 3.8) is 0 Å². The maximum atomic E-state index is 13.0. The van der Waals surface area contributed by atoms with Gasteiger partial charge in [0.1, 0.15) is 11.1 Å². The molecule has 9 heteroatoms. The molecule has 7 nitrogen and oxygen atoms in total. The largest absolute Gasteiger partial charge is 0.422 e. The van der Waals surface area contributed by atoms with E-state index in [1.54, 1.807) is 18.2 Å². The number of halogens is 1. The average molecular weight is 444 g/mol. The zero-order valence-electron chi connectivity index (χ0n) is 14.1. The molecule has 0 N–H and O–H groups in total. The van der Waals surface area contributed by atoms with Gasteiger partial charge < -0.3 is 14.1 Å². The van der Waals surface area contributed by atoms with Crippen molar-refractivity contribution in [3.8, 4) is 0 Å². The Balaban J connectivity index is 1.99. The number of fused-ring (bicyclic) bond motifs is 1. The number of sulfone groups is 1. The van der Waals surface area contributed by atoms with E-state index in [-0.39, 0.29) is 30.2 Å². The quantitative estimate of drug-likeness (QED) is 0.654. The highest BCUT2D eigenvalue weighted by Crippen LogP contribution is 2.22. The van der Waals surface area contributed by atoms with Gasteiger partial charge in [-0.1, -0.05) is 15.9 Å². The Morgan fingerprint density at radius 2 is 2.15 bits per heavy atom. The number of benzene rings is 1. The van der Waals surface area contributed by atoms with Crippen LogP contribution >= 0.6 is 15.9 Å². The molecule has 1 atom stereocenters. The van der Waals surface area contributed by atoms with Crippen LogP contribution in [0.1, 0.15) is 16.8 Å². The van der Waals surface area contributed by atoms with Gasteiger partial charge in [-0.25, -0.2) is 13.2 Å². The van der Waals surface area contributed by atoms with Gasteiger partial charge in [-0.2, -0.15) is 0 Å². The Morgan fingerprint density at radius 3 is 2.81 bits per heavy atom. The lowest BCUT2D eigenvalue weighted by Gasteiger charge is -2.27. The van der Waals surface area contributed by atoms with E-state index in [0.29, 0.717) is 17.4 Å². The molecule has 1 aliphatic rings. The summed E-state index contributed by atoms with van der Waals surface area (Å²) in [5, 5.41) is 0.605. The predicted octanol–water partition coefficient (Wildman–Crippen LogP) is 1.83. The Hall–Kier alpha value is -1.71. The highest BCUT2D eigenvalue weighted by atomic mass is 79.9. The van der Waals surface area contributed by atoms with Gasteiger partial charge in [0.15, 0.2) is 9.84 Å². The summed E-state index contributed by atoms with van der Waals surface area (Å²) in [6, 6.07) is 6.13. The van der Waals surface area contributed by atoms with Crippen LogP contribution in [0.15, 0.2) is 37.9 Å². The fourth-order valence-electron chi connectivity index (χ4n) is 3.06. The molecule has 1 amide bonds. The predicted molar refractivity (Wildman–Crippen MR) is 100 cm³/mol. The first-order chi connectivity index (χ1) is 12.3. The SMILES string of the molecule is COCCN(C(=O)c1cc2cc(Br)ccc2oc1=O)[C@H]1CCS(=O)(=O)C1. The maximum Gasteiger partial charge on any atom is 0.349 e. The van der Waals surface area contributed by atoms with Gasteiger partial charge in [-0.15, -0.1) is 0 Å². The van der Waals surface area contributed by atoms with Crippen molar-refractivity contribution >= 4 is 42.6 Å². The smallest absolute Gasteiger partial charge is 0.349 e. The zero-order chi connectivity index (χ0) is 18.9. The molecule has 1 aliphatic heterocycles. The lowest BCUT2D eigenvalue weighted by atomic mass is 10.1. The maximum absolute atomic E-state index is 13.0. The van der Waals surface area contributed by atoms with Gasteiger partial charge >= 0.3 is 5.63 Å². The van der Waals surface area contributed by atoms with Crippen LogP contribution in [0.3, 0.4) is 0 Å². The van der Waals surface area contributed by atoms with Crippen LogP contribution in [0.5, 0.6) is 0 Å². The summed E-state index contributed by atoms with van der Waals surface area (Å²) >= 11 is 3.34. The monoisotopic (exact) mass is 443 g/mol. The minimum Gasteiger partial charge on any atom is -0.422 e. The molecule has 0 spiro atoms. The molecule has 0 aliphatic carbocycles. The van der Waals surface area contributed by atoms with Crippen molar-refractivity contribution in [2.45, 2.75) is 12.5 Å². The summed E-state index contributed by atoms with van der Waals surface area (Å²) in [4.78, 5) is 26.7. The van der Waals surface area contributed by atoms with E-state index >= 15 is 0 Å². The third-order valence-corrected chi connectivity index (χ3v) is 6.61. The number of rotatable bonds is 5. The number of nitrogens with zero attached hydrogens (tertiary/aromatic N) is 1. The van der Waals surface area contributed by atoms with Crippen molar-refractivity contribution in [1.82, 2.24) is 4.90 Å². The third-order valence-electron chi connectivity index (χ3n) is 4.37. The number of carbonyl (C=O) groups excluding carboxylic acids is 1. The highest BCUT2D eigenvalue weighted by molar-refractivity contribution is 9.10. The minimum atomic E-state index is -3.17. The van der Waals surface area contributed by atoms with Gasteiger partial charge in [0.05, 0.1) is 18.1 Å². The standard InChI is InChI=1S/C17H18BrNO6S/c1-24-6-5-19(13-4-7-26(22,23)10-13)16(20)14-9-11-8-12(18)2-3-15(11)25-17(14)21/h2-3,8-9,13H,4-7,10H2,1H3/t13-/m0/s1. The van der Waals surface area contributed by atoms with Crippen molar-refractivity contribution in [2.24, 2.45) is 0 Å². The van der Waals surface area contributed by atoms with Crippen LogP contribution in [0.2, 0.25) is 0 Å². The molecule has 1 aromatic heterocycles. The summed E-state index contributed by atoms with van der Waals surface area (Å²) in [5.74, 6) is -0.611. The Kier molecular flexibility index (Phi) is 5.50. The van der Waals surface area contributed by atoms with Crippen LogP contribution in [-0.4, -0.2) is 57.0 Å². The van der Waals surface area contributed by atoms with E-state index in [0.717, 1.165) is 4.47 Å². The van der Waals surface area contributed by atoms with Gasteiger partial charge in [-0.05, 0) is 30.7 Å². The van der Waals surface area contributed by atoms with Crippen LogP contribution in [0, 0.1) is 0 Å². The summed E-state index contributed by atoms with van der Waals surface area (Å²) < 4.78 is 34.7. The first-order valence-corrected chi connectivity index (χ1v) is 10.7. The van der Waals surface area contributed by atoms with Crippen LogP contribution in [-0.2, 0) is 14.6 Å². The Labute approximate surface area is 159 Å². The molecule has 0 bridgehead atoms. The summed E-state index contributed by atoms with van der Waals surface area (Å²) in [6.07, 6.45) is 0.349. The van der Waals surface area contributed by atoms with Crippen LogP contribution in [0.25, 0.3) is 11.0 Å². The molecular formula is C17H18BrNO6S. The number of methoxy groups -OCH3 is 1. The molecule has 2 heterocycles. The second kappa shape index (κ2) is 7.50. The first-order valence-electron chi connectivity index (χ1n) is 8.04. The van der Waals surface area contributed by atoms with Crippen molar-refractivity contribution in [3.05, 3.63) is 44.7 Å². The van der Waals surface area contributed by atoms with E-state index in [4.69, 9.17) is 9.15 Å². The van der Waals surface area contributed by atoms with Crippen molar-refractivity contribution in [2.75, 3.05) is 31.8 Å².